The van der Waals surface area contributed by atoms with E-state index in [1.165, 1.54) is 35.6 Å². The van der Waals surface area contributed by atoms with Crippen molar-refractivity contribution in [2.45, 2.75) is 25.3 Å². The Kier molecular flexibility index (Phi) is 6.57. The number of rotatable bonds is 8. The second-order valence-corrected chi connectivity index (χ2v) is 9.76. The van der Waals surface area contributed by atoms with E-state index in [0.717, 1.165) is 4.88 Å². The topological polar surface area (TPSA) is 92.5 Å². The summed E-state index contributed by atoms with van der Waals surface area (Å²) in [4.78, 5) is 15.2. The molecule has 1 aromatic carbocycles. The minimum atomic E-state index is -3.62. The van der Waals surface area contributed by atoms with E-state index in [1.807, 2.05) is 31.4 Å². The summed E-state index contributed by atoms with van der Waals surface area (Å²) < 4.78 is 27.3. The average Bonchev–Trinajstić information content (AvgIpc) is 3.13. The first-order valence-corrected chi connectivity index (χ1v) is 10.6. The third kappa shape index (κ3) is 5.38. The molecule has 3 N–H and O–H groups in total. The van der Waals surface area contributed by atoms with Crippen LogP contribution in [0.15, 0.2) is 46.7 Å². The third-order valence-corrected chi connectivity index (χ3v) is 6.29. The van der Waals surface area contributed by atoms with Crippen molar-refractivity contribution in [2.75, 3.05) is 20.1 Å². The maximum Gasteiger partial charge on any atom is 0.253 e. The van der Waals surface area contributed by atoms with E-state index in [4.69, 9.17) is 5.73 Å². The van der Waals surface area contributed by atoms with Crippen molar-refractivity contribution in [1.29, 1.82) is 0 Å². The number of hydrogen-bond acceptors (Lipinski definition) is 5. The molecule has 0 saturated carbocycles. The lowest BCUT2D eigenvalue weighted by atomic mass is 9.93. The quantitative estimate of drug-likeness (QED) is 0.717. The predicted molar refractivity (Wildman–Crippen MR) is 105 cm³/mol. The fourth-order valence-electron chi connectivity index (χ4n) is 2.44. The minimum Gasteiger partial charge on any atom is -0.341 e. The maximum absolute atomic E-state index is 12.5. The summed E-state index contributed by atoms with van der Waals surface area (Å²) in [6.45, 7) is 5.22. The monoisotopic (exact) mass is 395 g/mol. The fraction of sp³-hybridized carbons (Fsp3) is 0.389. The Morgan fingerprint density at radius 2 is 1.88 bits per heavy atom. The van der Waals surface area contributed by atoms with Crippen molar-refractivity contribution < 1.29 is 13.2 Å². The summed E-state index contributed by atoms with van der Waals surface area (Å²) in [5.74, 6) is -0.165. The van der Waals surface area contributed by atoms with Gasteiger partial charge < -0.3 is 10.6 Å². The second-order valence-electron chi connectivity index (χ2n) is 6.96. The molecule has 0 radical (unpaired) electrons. The van der Waals surface area contributed by atoms with Crippen molar-refractivity contribution in [3.05, 3.63) is 52.2 Å². The van der Waals surface area contributed by atoms with Crippen LogP contribution in [0.2, 0.25) is 0 Å². The molecule has 1 amide bonds. The Hall–Kier alpha value is -1.74. The van der Waals surface area contributed by atoms with E-state index in [9.17, 15) is 13.2 Å². The van der Waals surface area contributed by atoms with E-state index in [-0.39, 0.29) is 22.8 Å². The number of carbonyl (C=O) groups excluding carboxylic acids is 1. The van der Waals surface area contributed by atoms with Gasteiger partial charge in [0.2, 0.25) is 10.0 Å². The molecule has 2 aromatic rings. The summed E-state index contributed by atoms with van der Waals surface area (Å²) in [5, 5.41) is 1.90. The van der Waals surface area contributed by atoms with Gasteiger partial charge in [0, 0.05) is 30.6 Å². The van der Waals surface area contributed by atoms with Gasteiger partial charge in [0.25, 0.3) is 5.91 Å². The van der Waals surface area contributed by atoms with Gasteiger partial charge in [-0.05, 0) is 47.7 Å². The fourth-order valence-corrected chi connectivity index (χ4v) is 4.18. The summed E-state index contributed by atoms with van der Waals surface area (Å²) in [6.07, 6.45) is 0. The number of sulfonamides is 1. The van der Waals surface area contributed by atoms with Gasteiger partial charge in [-0.15, -0.1) is 11.3 Å². The van der Waals surface area contributed by atoms with E-state index in [1.54, 1.807) is 11.9 Å². The van der Waals surface area contributed by atoms with Crippen LogP contribution in [0.25, 0.3) is 0 Å². The molecule has 0 fully saturated rings. The zero-order chi connectivity index (χ0) is 19.4. The molecule has 26 heavy (non-hydrogen) atoms. The lowest BCUT2D eigenvalue weighted by molar-refractivity contribution is 0.0740. The van der Waals surface area contributed by atoms with Crippen LogP contribution in [-0.4, -0.2) is 39.4 Å². The van der Waals surface area contributed by atoms with Gasteiger partial charge in [-0.3, -0.25) is 4.79 Å². The minimum absolute atomic E-state index is 0.135. The molecule has 2 rings (SSSR count). The average molecular weight is 396 g/mol. The van der Waals surface area contributed by atoms with Gasteiger partial charge in [-0.2, -0.15) is 0 Å². The normalized spacial score (nSPS) is 12.2. The van der Waals surface area contributed by atoms with Crippen LogP contribution in [0.1, 0.15) is 29.1 Å². The summed E-state index contributed by atoms with van der Waals surface area (Å²) in [5.41, 5.74) is 5.97. The SMILES string of the molecule is CN(CC(C)(C)CN)C(=O)c1ccc(S(=O)(=O)NCc2cccs2)cc1. The third-order valence-electron chi connectivity index (χ3n) is 3.99. The molecule has 0 atom stereocenters. The zero-order valence-electron chi connectivity index (χ0n) is 15.2. The van der Waals surface area contributed by atoms with Crippen molar-refractivity contribution in [1.82, 2.24) is 9.62 Å². The highest BCUT2D eigenvalue weighted by molar-refractivity contribution is 7.89. The Labute approximate surface area is 159 Å². The second kappa shape index (κ2) is 8.30. The molecule has 0 aliphatic heterocycles. The van der Waals surface area contributed by atoms with Crippen molar-refractivity contribution >= 4 is 27.3 Å². The first kappa shape index (κ1) is 20.6. The van der Waals surface area contributed by atoms with Gasteiger partial charge in [0.05, 0.1) is 4.90 Å². The largest absolute Gasteiger partial charge is 0.341 e. The number of benzene rings is 1. The van der Waals surface area contributed by atoms with Crippen LogP contribution in [0, 0.1) is 5.41 Å². The summed E-state index contributed by atoms with van der Waals surface area (Å²) in [6, 6.07) is 9.71. The van der Waals surface area contributed by atoms with E-state index >= 15 is 0 Å². The van der Waals surface area contributed by atoms with E-state index in [0.29, 0.717) is 18.7 Å². The highest BCUT2D eigenvalue weighted by atomic mass is 32.2. The molecule has 1 aromatic heterocycles. The lowest BCUT2D eigenvalue weighted by Gasteiger charge is -2.29. The number of nitrogens with two attached hydrogens (primary N) is 1. The van der Waals surface area contributed by atoms with Crippen molar-refractivity contribution in [3.8, 4) is 0 Å². The van der Waals surface area contributed by atoms with Gasteiger partial charge in [-0.1, -0.05) is 19.9 Å². The summed E-state index contributed by atoms with van der Waals surface area (Å²) >= 11 is 1.49. The molecule has 6 nitrogen and oxygen atoms in total. The number of amides is 1. The van der Waals surface area contributed by atoms with Gasteiger partial charge in [0.1, 0.15) is 0 Å². The Morgan fingerprint density at radius 1 is 1.23 bits per heavy atom. The van der Waals surface area contributed by atoms with Crippen molar-refractivity contribution in [3.63, 3.8) is 0 Å². The van der Waals surface area contributed by atoms with Crippen LogP contribution < -0.4 is 10.5 Å². The van der Waals surface area contributed by atoms with Crippen LogP contribution in [0.3, 0.4) is 0 Å². The number of nitrogens with one attached hydrogen (secondary N) is 1. The number of nitrogens with zero attached hydrogens (tertiary/aromatic N) is 1. The van der Waals surface area contributed by atoms with E-state index < -0.39 is 10.0 Å². The molecule has 142 valence electrons. The molecule has 0 saturated heterocycles. The van der Waals surface area contributed by atoms with Crippen LogP contribution >= 0.6 is 11.3 Å². The zero-order valence-corrected chi connectivity index (χ0v) is 16.9. The van der Waals surface area contributed by atoms with Gasteiger partial charge in [-0.25, -0.2) is 13.1 Å². The molecule has 0 spiro atoms. The smallest absolute Gasteiger partial charge is 0.253 e. The van der Waals surface area contributed by atoms with Crippen molar-refractivity contribution in [2.24, 2.45) is 11.1 Å². The molecule has 0 aliphatic carbocycles. The van der Waals surface area contributed by atoms with Crippen LogP contribution in [0.4, 0.5) is 0 Å². The highest BCUT2D eigenvalue weighted by Crippen LogP contribution is 2.17. The molecular weight excluding hydrogens is 370 g/mol. The molecule has 0 aliphatic rings. The van der Waals surface area contributed by atoms with E-state index in [2.05, 4.69) is 4.72 Å². The standard InChI is InChI=1S/C18H25N3O3S2/c1-18(2,12-19)13-21(3)17(22)14-6-8-16(9-7-14)26(23,24)20-11-15-5-4-10-25-15/h4-10,20H,11-13,19H2,1-3H3. The lowest BCUT2D eigenvalue weighted by Crippen LogP contribution is -2.39. The van der Waals surface area contributed by atoms with Crippen LogP contribution in [-0.2, 0) is 16.6 Å². The van der Waals surface area contributed by atoms with Crippen LogP contribution in [0.5, 0.6) is 0 Å². The Morgan fingerprint density at radius 3 is 2.42 bits per heavy atom. The molecule has 0 unspecified atom stereocenters. The molecule has 1 heterocycles. The number of thiophene rings is 1. The Balaban J connectivity index is 2.05. The maximum atomic E-state index is 12.5. The Bertz CT molecular complexity index is 829. The van der Waals surface area contributed by atoms with Gasteiger partial charge in [0.15, 0.2) is 0 Å². The van der Waals surface area contributed by atoms with Gasteiger partial charge >= 0.3 is 0 Å². The number of hydrogen-bond donors (Lipinski definition) is 2. The highest BCUT2D eigenvalue weighted by Gasteiger charge is 2.22. The first-order chi connectivity index (χ1) is 12.1. The predicted octanol–water partition coefficient (Wildman–Crippen LogP) is 2.28. The first-order valence-electron chi connectivity index (χ1n) is 8.22. The molecule has 8 heteroatoms. The molecular formula is C18H25N3O3S2. The molecule has 0 bridgehead atoms. The number of carbonyl (C=O) groups is 1. The summed E-state index contributed by atoms with van der Waals surface area (Å²) in [7, 11) is -1.90.